The first-order valence-corrected chi connectivity index (χ1v) is 6.62. The number of aromatic hydroxyl groups is 2. The molecule has 120 valence electrons. The van der Waals surface area contributed by atoms with Gasteiger partial charge in [0.25, 0.3) is 5.91 Å². The van der Waals surface area contributed by atoms with Crippen molar-refractivity contribution < 1.29 is 24.5 Å². The molecule has 0 aromatic heterocycles. The third-order valence-electron chi connectivity index (χ3n) is 3.01. The average molecular weight is 316 g/mol. The van der Waals surface area contributed by atoms with Crippen molar-refractivity contribution in [2.75, 3.05) is 14.2 Å². The number of rotatable bonds is 5. The van der Waals surface area contributed by atoms with Crippen molar-refractivity contribution in [3.05, 3.63) is 47.5 Å². The minimum atomic E-state index is -0.418. The highest BCUT2D eigenvalue weighted by atomic mass is 16.5. The molecule has 1 amide bonds. The molecule has 0 saturated carbocycles. The van der Waals surface area contributed by atoms with Crippen LogP contribution in [0.1, 0.15) is 15.9 Å². The molecule has 2 aromatic rings. The summed E-state index contributed by atoms with van der Waals surface area (Å²) >= 11 is 0. The molecule has 23 heavy (non-hydrogen) atoms. The number of hydrogen-bond donors (Lipinski definition) is 3. The van der Waals surface area contributed by atoms with Crippen LogP contribution < -0.4 is 14.9 Å². The summed E-state index contributed by atoms with van der Waals surface area (Å²) in [6.45, 7) is 0. The number of carbonyl (C=O) groups excluding carboxylic acids is 1. The molecule has 0 spiro atoms. The fraction of sp³-hybridized carbons (Fsp3) is 0.125. The Morgan fingerprint density at radius 2 is 1.65 bits per heavy atom. The van der Waals surface area contributed by atoms with Crippen LogP contribution in [0.25, 0.3) is 0 Å². The number of methoxy groups -OCH3 is 2. The Hall–Kier alpha value is -3.22. The van der Waals surface area contributed by atoms with E-state index in [9.17, 15) is 15.0 Å². The highest BCUT2D eigenvalue weighted by Crippen LogP contribution is 2.36. The molecule has 0 unspecified atom stereocenters. The van der Waals surface area contributed by atoms with Gasteiger partial charge in [-0.1, -0.05) is 0 Å². The molecule has 0 atom stereocenters. The van der Waals surface area contributed by atoms with Gasteiger partial charge in [0.15, 0.2) is 11.5 Å². The fourth-order valence-corrected chi connectivity index (χ4v) is 1.83. The fourth-order valence-electron chi connectivity index (χ4n) is 1.83. The Labute approximate surface area is 132 Å². The number of nitrogens with one attached hydrogen (secondary N) is 1. The molecule has 0 aliphatic carbocycles. The lowest BCUT2D eigenvalue weighted by atomic mass is 10.2. The third kappa shape index (κ3) is 3.91. The smallest absolute Gasteiger partial charge is 0.271 e. The topological polar surface area (TPSA) is 100 Å². The van der Waals surface area contributed by atoms with Crippen molar-refractivity contribution in [2.45, 2.75) is 0 Å². The van der Waals surface area contributed by atoms with Gasteiger partial charge < -0.3 is 19.7 Å². The van der Waals surface area contributed by atoms with Gasteiger partial charge in [0, 0.05) is 11.1 Å². The molecule has 0 bridgehead atoms. The van der Waals surface area contributed by atoms with Gasteiger partial charge in [0.1, 0.15) is 5.75 Å². The summed E-state index contributed by atoms with van der Waals surface area (Å²) in [5.41, 5.74) is 3.29. The van der Waals surface area contributed by atoms with Crippen LogP contribution in [-0.4, -0.2) is 36.6 Å². The number of phenolic OH excluding ortho intramolecular Hbond substituents is 2. The summed E-state index contributed by atoms with van der Waals surface area (Å²) in [5.74, 6) is 0.0129. The number of ether oxygens (including phenoxy) is 2. The Balaban J connectivity index is 2.11. The van der Waals surface area contributed by atoms with E-state index >= 15 is 0 Å². The molecule has 3 N–H and O–H groups in total. The second-order valence-electron chi connectivity index (χ2n) is 4.52. The maximum absolute atomic E-state index is 11.9. The number of benzene rings is 2. The van der Waals surface area contributed by atoms with Crippen molar-refractivity contribution in [2.24, 2.45) is 5.10 Å². The maximum atomic E-state index is 11.9. The SMILES string of the molecule is COc1cc(/C=N\NC(=O)c2ccc(O)cc2)cc(OC)c1O. The van der Waals surface area contributed by atoms with E-state index in [4.69, 9.17) is 9.47 Å². The summed E-state index contributed by atoms with van der Waals surface area (Å²) in [4.78, 5) is 11.9. The zero-order valence-electron chi connectivity index (χ0n) is 12.6. The summed E-state index contributed by atoms with van der Waals surface area (Å²) < 4.78 is 10.1. The quantitative estimate of drug-likeness (QED) is 0.577. The Kier molecular flexibility index (Phi) is 5.03. The van der Waals surface area contributed by atoms with E-state index in [1.165, 1.54) is 44.7 Å². The maximum Gasteiger partial charge on any atom is 0.271 e. The van der Waals surface area contributed by atoms with Gasteiger partial charge in [-0.15, -0.1) is 0 Å². The Bertz CT molecular complexity index is 701. The van der Waals surface area contributed by atoms with Crippen molar-refractivity contribution in [3.8, 4) is 23.0 Å². The first-order valence-electron chi connectivity index (χ1n) is 6.62. The lowest BCUT2D eigenvalue weighted by Crippen LogP contribution is -2.17. The van der Waals surface area contributed by atoms with Gasteiger partial charge in [0.05, 0.1) is 20.4 Å². The molecule has 0 fully saturated rings. The average Bonchev–Trinajstić information content (AvgIpc) is 2.56. The Morgan fingerprint density at radius 1 is 1.09 bits per heavy atom. The van der Waals surface area contributed by atoms with Gasteiger partial charge in [-0.25, -0.2) is 5.43 Å². The summed E-state index contributed by atoms with van der Waals surface area (Å²) in [7, 11) is 2.84. The van der Waals surface area contributed by atoms with Gasteiger partial charge in [-0.3, -0.25) is 4.79 Å². The van der Waals surface area contributed by atoms with Gasteiger partial charge in [-0.05, 0) is 36.4 Å². The predicted molar refractivity (Wildman–Crippen MR) is 84.4 cm³/mol. The van der Waals surface area contributed by atoms with E-state index in [-0.39, 0.29) is 23.0 Å². The molecule has 0 radical (unpaired) electrons. The summed E-state index contributed by atoms with van der Waals surface area (Å²) in [5, 5.41) is 22.8. The van der Waals surface area contributed by atoms with Crippen molar-refractivity contribution in [1.29, 1.82) is 0 Å². The first kappa shape index (κ1) is 16.2. The molecule has 2 aromatic carbocycles. The largest absolute Gasteiger partial charge is 0.508 e. The van der Waals surface area contributed by atoms with Crippen LogP contribution in [-0.2, 0) is 0 Å². The van der Waals surface area contributed by atoms with Gasteiger partial charge in [-0.2, -0.15) is 5.10 Å². The molecule has 7 nitrogen and oxygen atoms in total. The first-order chi connectivity index (χ1) is 11.0. The van der Waals surface area contributed by atoms with Crippen LogP contribution in [0.3, 0.4) is 0 Å². The molecule has 0 aliphatic rings. The number of hydrogen-bond acceptors (Lipinski definition) is 6. The minimum absolute atomic E-state index is 0.0772. The molecular formula is C16H16N2O5. The molecule has 0 heterocycles. The lowest BCUT2D eigenvalue weighted by molar-refractivity contribution is 0.0955. The summed E-state index contributed by atoms with van der Waals surface area (Å²) in [6.07, 6.45) is 1.39. The minimum Gasteiger partial charge on any atom is -0.508 e. The number of nitrogens with zero attached hydrogens (tertiary/aromatic N) is 1. The van der Waals surface area contributed by atoms with Crippen LogP contribution in [0.15, 0.2) is 41.5 Å². The van der Waals surface area contributed by atoms with Crippen molar-refractivity contribution in [1.82, 2.24) is 5.43 Å². The lowest BCUT2D eigenvalue weighted by Gasteiger charge is -2.09. The second-order valence-corrected chi connectivity index (χ2v) is 4.52. The van der Waals surface area contributed by atoms with E-state index in [0.29, 0.717) is 11.1 Å². The van der Waals surface area contributed by atoms with Gasteiger partial charge >= 0.3 is 0 Å². The normalized spacial score (nSPS) is 10.5. The number of hydrazone groups is 1. The molecular weight excluding hydrogens is 300 g/mol. The summed E-state index contributed by atoms with van der Waals surface area (Å²) in [6, 6.07) is 8.88. The van der Waals surface area contributed by atoms with Gasteiger partial charge in [0.2, 0.25) is 5.75 Å². The molecule has 7 heteroatoms. The number of phenols is 2. The number of amides is 1. The predicted octanol–water partition coefficient (Wildman–Crippen LogP) is 1.88. The third-order valence-corrected chi connectivity index (χ3v) is 3.01. The zero-order chi connectivity index (χ0) is 16.8. The van der Waals surface area contributed by atoms with Crippen molar-refractivity contribution in [3.63, 3.8) is 0 Å². The molecule has 0 saturated heterocycles. The van der Waals surface area contributed by atoms with Crippen molar-refractivity contribution >= 4 is 12.1 Å². The van der Waals surface area contributed by atoms with E-state index in [2.05, 4.69) is 10.5 Å². The standard InChI is InChI=1S/C16H16N2O5/c1-22-13-7-10(8-14(23-2)15(13)20)9-17-18-16(21)11-3-5-12(19)6-4-11/h3-9,19-20H,1-2H3,(H,18,21)/b17-9-. The highest BCUT2D eigenvalue weighted by Gasteiger charge is 2.10. The van der Waals surface area contributed by atoms with Crippen LogP contribution in [0.2, 0.25) is 0 Å². The second kappa shape index (κ2) is 7.17. The van der Waals surface area contributed by atoms with E-state index < -0.39 is 5.91 Å². The van der Waals surface area contributed by atoms with E-state index in [0.717, 1.165) is 0 Å². The van der Waals surface area contributed by atoms with Crippen LogP contribution >= 0.6 is 0 Å². The zero-order valence-corrected chi connectivity index (χ0v) is 12.6. The van der Waals surface area contributed by atoms with Crippen LogP contribution in [0.4, 0.5) is 0 Å². The number of carbonyl (C=O) groups is 1. The van der Waals surface area contributed by atoms with E-state index in [1.807, 2.05) is 0 Å². The monoisotopic (exact) mass is 316 g/mol. The van der Waals surface area contributed by atoms with E-state index in [1.54, 1.807) is 12.1 Å². The molecule has 2 rings (SSSR count). The van der Waals surface area contributed by atoms with Crippen LogP contribution in [0, 0.1) is 0 Å². The highest BCUT2D eigenvalue weighted by molar-refractivity contribution is 5.95. The molecule has 0 aliphatic heterocycles. The Morgan fingerprint density at radius 3 is 2.17 bits per heavy atom. The van der Waals surface area contributed by atoms with Crippen LogP contribution in [0.5, 0.6) is 23.0 Å².